The van der Waals surface area contributed by atoms with Crippen LogP contribution in [0.25, 0.3) is 0 Å². The monoisotopic (exact) mass is 342 g/mol. The van der Waals surface area contributed by atoms with Crippen molar-refractivity contribution in [3.05, 3.63) is 59.7 Å². The Hall–Kier alpha value is -3.02. The zero-order chi connectivity index (χ0) is 18.2. The number of para-hydroxylation sites is 1. The van der Waals surface area contributed by atoms with E-state index in [4.69, 9.17) is 9.47 Å². The van der Waals surface area contributed by atoms with Crippen molar-refractivity contribution in [3.8, 4) is 11.5 Å². The van der Waals surface area contributed by atoms with E-state index in [0.717, 1.165) is 0 Å². The lowest BCUT2D eigenvalue weighted by molar-refractivity contribution is -0.123. The van der Waals surface area contributed by atoms with Crippen LogP contribution >= 0.6 is 0 Å². The summed E-state index contributed by atoms with van der Waals surface area (Å²) in [5.74, 6) is 0.525. The minimum absolute atomic E-state index is 0.201. The molecule has 0 aliphatic heterocycles. The van der Waals surface area contributed by atoms with Gasteiger partial charge in [-0.1, -0.05) is 38.1 Å². The standard InChI is InChI=1S/C19H22N2O4/c1-13(2)14-8-10-15(11-9-14)25-12-18(22)20-21-19(23)16-6-4-5-7-17(16)24-3/h4-11,13H,12H2,1-3H3,(H,20,22)(H,21,23). The van der Waals surface area contributed by atoms with E-state index in [9.17, 15) is 9.59 Å². The zero-order valence-electron chi connectivity index (χ0n) is 14.5. The first-order chi connectivity index (χ1) is 12.0. The van der Waals surface area contributed by atoms with Gasteiger partial charge in [0.1, 0.15) is 11.5 Å². The van der Waals surface area contributed by atoms with Crippen LogP contribution in [0.4, 0.5) is 0 Å². The second kappa shape index (κ2) is 8.73. The van der Waals surface area contributed by atoms with Crippen molar-refractivity contribution in [1.29, 1.82) is 0 Å². The minimum Gasteiger partial charge on any atom is -0.496 e. The molecule has 6 nitrogen and oxygen atoms in total. The topological polar surface area (TPSA) is 76.7 Å². The van der Waals surface area contributed by atoms with E-state index >= 15 is 0 Å². The van der Waals surface area contributed by atoms with Crippen molar-refractivity contribution in [2.45, 2.75) is 19.8 Å². The molecule has 0 heterocycles. The van der Waals surface area contributed by atoms with Crippen LogP contribution in [0.2, 0.25) is 0 Å². The van der Waals surface area contributed by atoms with Crippen molar-refractivity contribution >= 4 is 11.8 Å². The van der Waals surface area contributed by atoms with Crippen molar-refractivity contribution in [1.82, 2.24) is 10.9 Å². The molecule has 0 saturated carbocycles. The lowest BCUT2D eigenvalue weighted by Crippen LogP contribution is -2.43. The molecule has 0 atom stereocenters. The van der Waals surface area contributed by atoms with Crippen LogP contribution in [0.3, 0.4) is 0 Å². The third-order valence-electron chi connectivity index (χ3n) is 3.58. The van der Waals surface area contributed by atoms with Gasteiger partial charge in [0.05, 0.1) is 12.7 Å². The average Bonchev–Trinajstić information content (AvgIpc) is 2.64. The molecule has 0 radical (unpaired) electrons. The molecular formula is C19H22N2O4. The molecule has 6 heteroatoms. The van der Waals surface area contributed by atoms with E-state index in [1.54, 1.807) is 24.3 Å². The summed E-state index contributed by atoms with van der Waals surface area (Å²) in [7, 11) is 1.48. The Labute approximate surface area is 147 Å². The fourth-order valence-electron chi connectivity index (χ4n) is 2.16. The van der Waals surface area contributed by atoms with E-state index in [0.29, 0.717) is 23.0 Å². The first-order valence-electron chi connectivity index (χ1n) is 7.96. The highest BCUT2D eigenvalue weighted by Gasteiger charge is 2.12. The van der Waals surface area contributed by atoms with Crippen LogP contribution in [0.1, 0.15) is 35.7 Å². The van der Waals surface area contributed by atoms with Crippen LogP contribution in [0.5, 0.6) is 11.5 Å². The number of methoxy groups -OCH3 is 1. The van der Waals surface area contributed by atoms with Crippen LogP contribution in [0, 0.1) is 0 Å². The smallest absolute Gasteiger partial charge is 0.276 e. The van der Waals surface area contributed by atoms with Gasteiger partial charge in [0.25, 0.3) is 11.8 Å². The van der Waals surface area contributed by atoms with Gasteiger partial charge in [0.2, 0.25) is 0 Å². The SMILES string of the molecule is COc1ccccc1C(=O)NNC(=O)COc1ccc(C(C)C)cc1. The number of hydrogen-bond acceptors (Lipinski definition) is 4. The Balaban J connectivity index is 1.81. The molecule has 2 aromatic rings. The molecule has 0 unspecified atom stereocenters. The van der Waals surface area contributed by atoms with E-state index in [-0.39, 0.29) is 6.61 Å². The van der Waals surface area contributed by atoms with Crippen molar-refractivity contribution in [2.24, 2.45) is 0 Å². The number of hydrazine groups is 1. The Morgan fingerprint density at radius 2 is 1.68 bits per heavy atom. The summed E-state index contributed by atoms with van der Waals surface area (Å²) in [6, 6.07) is 14.3. The molecule has 0 spiro atoms. The van der Waals surface area contributed by atoms with Gasteiger partial charge in [-0.3, -0.25) is 20.4 Å². The van der Waals surface area contributed by atoms with Gasteiger partial charge in [0, 0.05) is 0 Å². The Morgan fingerprint density at radius 3 is 2.32 bits per heavy atom. The number of benzene rings is 2. The van der Waals surface area contributed by atoms with Crippen molar-refractivity contribution in [3.63, 3.8) is 0 Å². The number of amides is 2. The summed E-state index contributed by atoms with van der Waals surface area (Å²) in [6.07, 6.45) is 0. The molecule has 2 rings (SSSR count). The highest BCUT2D eigenvalue weighted by atomic mass is 16.5. The third kappa shape index (κ3) is 5.24. The van der Waals surface area contributed by atoms with Gasteiger partial charge < -0.3 is 9.47 Å². The predicted octanol–water partition coefficient (Wildman–Crippen LogP) is 2.66. The fourth-order valence-corrected chi connectivity index (χ4v) is 2.16. The van der Waals surface area contributed by atoms with Crippen molar-refractivity contribution < 1.29 is 19.1 Å². The molecule has 2 N–H and O–H groups in total. The maximum atomic E-state index is 12.1. The third-order valence-corrected chi connectivity index (χ3v) is 3.58. The quantitative estimate of drug-likeness (QED) is 0.791. The summed E-state index contributed by atoms with van der Waals surface area (Å²) in [4.78, 5) is 23.9. The summed E-state index contributed by atoms with van der Waals surface area (Å²) in [5.41, 5.74) is 6.17. The molecule has 0 aliphatic carbocycles. The number of rotatable bonds is 6. The number of carbonyl (C=O) groups is 2. The van der Waals surface area contributed by atoms with Crippen molar-refractivity contribution in [2.75, 3.05) is 13.7 Å². The molecule has 0 fully saturated rings. The highest BCUT2D eigenvalue weighted by molar-refractivity contribution is 5.97. The predicted molar refractivity (Wildman–Crippen MR) is 94.6 cm³/mol. The fraction of sp³-hybridized carbons (Fsp3) is 0.263. The lowest BCUT2D eigenvalue weighted by Gasteiger charge is -2.11. The van der Waals surface area contributed by atoms with Gasteiger partial charge in [0.15, 0.2) is 6.61 Å². The van der Waals surface area contributed by atoms with E-state index in [1.165, 1.54) is 12.7 Å². The van der Waals surface area contributed by atoms with Crippen LogP contribution in [-0.4, -0.2) is 25.5 Å². The van der Waals surface area contributed by atoms with Gasteiger partial charge in [-0.15, -0.1) is 0 Å². The second-order valence-electron chi connectivity index (χ2n) is 5.71. The summed E-state index contributed by atoms with van der Waals surface area (Å²) in [5, 5.41) is 0. The Morgan fingerprint density at radius 1 is 1.00 bits per heavy atom. The lowest BCUT2D eigenvalue weighted by atomic mass is 10.0. The Kier molecular flexibility index (Phi) is 6.39. The maximum Gasteiger partial charge on any atom is 0.276 e. The van der Waals surface area contributed by atoms with Crippen LogP contribution in [-0.2, 0) is 4.79 Å². The normalized spacial score (nSPS) is 10.2. The average molecular weight is 342 g/mol. The van der Waals surface area contributed by atoms with Gasteiger partial charge in [-0.05, 0) is 35.7 Å². The molecule has 0 aliphatic rings. The number of ether oxygens (including phenoxy) is 2. The van der Waals surface area contributed by atoms with Gasteiger partial charge in [-0.25, -0.2) is 0 Å². The first kappa shape index (κ1) is 18.3. The van der Waals surface area contributed by atoms with Gasteiger partial charge >= 0.3 is 0 Å². The summed E-state index contributed by atoms with van der Waals surface area (Å²) >= 11 is 0. The number of carbonyl (C=O) groups excluding carboxylic acids is 2. The summed E-state index contributed by atoms with van der Waals surface area (Å²) in [6.45, 7) is 4.01. The molecule has 2 amide bonds. The minimum atomic E-state index is -0.466. The number of hydrogen-bond donors (Lipinski definition) is 2. The maximum absolute atomic E-state index is 12.1. The summed E-state index contributed by atoms with van der Waals surface area (Å²) < 4.78 is 10.5. The number of nitrogens with one attached hydrogen (secondary N) is 2. The van der Waals surface area contributed by atoms with E-state index in [1.807, 2.05) is 24.3 Å². The molecular weight excluding hydrogens is 320 g/mol. The van der Waals surface area contributed by atoms with E-state index < -0.39 is 11.8 Å². The van der Waals surface area contributed by atoms with E-state index in [2.05, 4.69) is 24.7 Å². The molecule has 132 valence electrons. The molecule has 0 bridgehead atoms. The second-order valence-corrected chi connectivity index (χ2v) is 5.71. The molecule has 2 aromatic carbocycles. The molecule has 25 heavy (non-hydrogen) atoms. The first-order valence-corrected chi connectivity index (χ1v) is 7.96. The molecule has 0 saturated heterocycles. The van der Waals surface area contributed by atoms with Crippen LogP contribution in [0.15, 0.2) is 48.5 Å². The van der Waals surface area contributed by atoms with Crippen LogP contribution < -0.4 is 20.3 Å². The Bertz CT molecular complexity index is 726. The molecule has 0 aromatic heterocycles. The largest absolute Gasteiger partial charge is 0.496 e. The highest BCUT2D eigenvalue weighted by Crippen LogP contribution is 2.18. The zero-order valence-corrected chi connectivity index (χ0v) is 14.5. The van der Waals surface area contributed by atoms with Gasteiger partial charge in [-0.2, -0.15) is 0 Å².